The quantitative estimate of drug-likeness (QED) is 0.876. The molecule has 0 bridgehead atoms. The van der Waals surface area contributed by atoms with E-state index in [-0.39, 0.29) is 18.6 Å². The minimum Gasteiger partial charge on any atom is -0.484 e. The van der Waals surface area contributed by atoms with Crippen LogP contribution >= 0.6 is 0 Å². The van der Waals surface area contributed by atoms with Crippen molar-refractivity contribution in [3.63, 3.8) is 0 Å². The third-order valence-electron chi connectivity index (χ3n) is 4.96. The molecule has 3 nitrogen and oxygen atoms in total. The van der Waals surface area contributed by atoms with Crippen molar-refractivity contribution in [1.82, 2.24) is 5.32 Å². The zero-order valence-electron chi connectivity index (χ0n) is 15.4. The second-order valence-corrected chi connectivity index (χ2v) is 7.08. The largest absolute Gasteiger partial charge is 0.484 e. The Balaban J connectivity index is 1.55. The Kier molecular flexibility index (Phi) is 5.42. The van der Waals surface area contributed by atoms with Crippen LogP contribution in [0, 0.1) is 13.8 Å². The number of aryl methyl sites for hydroxylation is 4. The monoisotopic (exact) mass is 337 g/mol. The molecule has 1 aliphatic carbocycles. The lowest BCUT2D eigenvalue weighted by molar-refractivity contribution is -0.123. The van der Waals surface area contributed by atoms with Crippen molar-refractivity contribution in [2.45, 2.75) is 52.5 Å². The number of hydrogen-bond acceptors (Lipinski definition) is 2. The predicted octanol–water partition coefficient (Wildman–Crippen LogP) is 4.44. The summed E-state index contributed by atoms with van der Waals surface area (Å²) in [7, 11) is 0. The number of hydrogen-bond donors (Lipinski definition) is 1. The van der Waals surface area contributed by atoms with Crippen LogP contribution in [0.25, 0.3) is 0 Å². The maximum Gasteiger partial charge on any atom is 0.258 e. The van der Waals surface area contributed by atoms with E-state index in [1.165, 1.54) is 35.1 Å². The van der Waals surface area contributed by atoms with Crippen LogP contribution in [0.5, 0.6) is 5.75 Å². The Morgan fingerprint density at radius 1 is 1.08 bits per heavy atom. The van der Waals surface area contributed by atoms with Crippen molar-refractivity contribution in [3.05, 3.63) is 64.2 Å². The van der Waals surface area contributed by atoms with Gasteiger partial charge in [-0.2, -0.15) is 0 Å². The smallest absolute Gasteiger partial charge is 0.258 e. The second kappa shape index (κ2) is 7.73. The lowest BCUT2D eigenvalue weighted by Crippen LogP contribution is -2.31. The van der Waals surface area contributed by atoms with Crippen molar-refractivity contribution in [2.75, 3.05) is 6.61 Å². The van der Waals surface area contributed by atoms with Gasteiger partial charge >= 0.3 is 0 Å². The standard InChI is InChI=1S/C22H27NO2/c1-15-8-11-21(16(2)12-15)17(3)23-22(24)14-25-20-10-9-18-6-4-5-7-19(18)13-20/h8-13,17H,4-7,14H2,1-3H3,(H,23,24)/t17-/m1/s1. The van der Waals surface area contributed by atoms with Gasteiger partial charge in [-0.15, -0.1) is 0 Å². The fourth-order valence-corrected chi connectivity index (χ4v) is 3.62. The molecule has 0 saturated heterocycles. The summed E-state index contributed by atoms with van der Waals surface area (Å²) in [6, 6.07) is 12.5. The molecule has 0 aliphatic heterocycles. The summed E-state index contributed by atoms with van der Waals surface area (Å²) >= 11 is 0. The number of rotatable bonds is 5. The topological polar surface area (TPSA) is 38.3 Å². The summed E-state index contributed by atoms with van der Waals surface area (Å²) in [4.78, 5) is 12.2. The first-order valence-electron chi connectivity index (χ1n) is 9.14. The van der Waals surface area contributed by atoms with E-state index in [2.05, 4.69) is 49.5 Å². The van der Waals surface area contributed by atoms with E-state index in [1.807, 2.05) is 13.0 Å². The van der Waals surface area contributed by atoms with Gasteiger partial charge in [0.15, 0.2) is 6.61 Å². The first kappa shape index (κ1) is 17.5. The van der Waals surface area contributed by atoms with Crippen LogP contribution in [-0.2, 0) is 17.6 Å². The number of benzene rings is 2. The molecule has 2 aromatic carbocycles. The van der Waals surface area contributed by atoms with Gasteiger partial charge in [0.25, 0.3) is 5.91 Å². The lowest BCUT2D eigenvalue weighted by Gasteiger charge is -2.18. The van der Waals surface area contributed by atoms with E-state index in [4.69, 9.17) is 4.74 Å². The third kappa shape index (κ3) is 4.41. The molecule has 3 heteroatoms. The van der Waals surface area contributed by atoms with E-state index in [0.29, 0.717) is 0 Å². The van der Waals surface area contributed by atoms with Gasteiger partial charge in [0.1, 0.15) is 5.75 Å². The highest BCUT2D eigenvalue weighted by molar-refractivity contribution is 5.78. The molecule has 1 aliphatic rings. The van der Waals surface area contributed by atoms with Crippen LogP contribution in [0.4, 0.5) is 0 Å². The maximum atomic E-state index is 12.2. The van der Waals surface area contributed by atoms with Gasteiger partial charge in [0.2, 0.25) is 0 Å². The molecule has 0 aromatic heterocycles. The summed E-state index contributed by atoms with van der Waals surface area (Å²) in [5.41, 5.74) is 6.37. The van der Waals surface area contributed by atoms with Gasteiger partial charge in [0, 0.05) is 0 Å². The Bertz CT molecular complexity index is 767. The Hall–Kier alpha value is -2.29. The molecule has 132 valence electrons. The predicted molar refractivity (Wildman–Crippen MR) is 101 cm³/mol. The maximum absolute atomic E-state index is 12.2. The third-order valence-corrected chi connectivity index (χ3v) is 4.96. The normalized spacial score (nSPS) is 14.5. The molecule has 25 heavy (non-hydrogen) atoms. The average Bonchev–Trinajstić information content (AvgIpc) is 2.59. The van der Waals surface area contributed by atoms with Crippen LogP contribution < -0.4 is 10.1 Å². The van der Waals surface area contributed by atoms with Crippen molar-refractivity contribution in [1.29, 1.82) is 0 Å². The van der Waals surface area contributed by atoms with Crippen LogP contribution in [0.1, 0.15) is 53.6 Å². The van der Waals surface area contributed by atoms with E-state index < -0.39 is 0 Å². The van der Waals surface area contributed by atoms with E-state index in [9.17, 15) is 4.79 Å². The van der Waals surface area contributed by atoms with Crippen molar-refractivity contribution < 1.29 is 9.53 Å². The van der Waals surface area contributed by atoms with Crippen molar-refractivity contribution in [2.24, 2.45) is 0 Å². The number of amides is 1. The number of nitrogens with one attached hydrogen (secondary N) is 1. The first-order chi connectivity index (χ1) is 12.0. The summed E-state index contributed by atoms with van der Waals surface area (Å²) in [6.45, 7) is 6.21. The van der Waals surface area contributed by atoms with Gasteiger partial charge in [-0.3, -0.25) is 4.79 Å². The van der Waals surface area contributed by atoms with Gasteiger partial charge < -0.3 is 10.1 Å². The zero-order valence-corrected chi connectivity index (χ0v) is 15.4. The first-order valence-corrected chi connectivity index (χ1v) is 9.14. The number of carbonyl (C=O) groups excluding carboxylic acids is 1. The highest BCUT2D eigenvalue weighted by Crippen LogP contribution is 2.25. The SMILES string of the molecule is Cc1ccc([C@@H](C)NC(=O)COc2ccc3c(c2)CCCC3)c(C)c1. The molecular formula is C22H27NO2. The minimum atomic E-state index is -0.0924. The Labute approximate surface area is 150 Å². The van der Waals surface area contributed by atoms with E-state index in [1.54, 1.807) is 0 Å². The molecule has 1 amide bonds. The number of fused-ring (bicyclic) bond motifs is 1. The summed E-state index contributed by atoms with van der Waals surface area (Å²) in [5, 5.41) is 3.03. The van der Waals surface area contributed by atoms with Crippen LogP contribution in [0.2, 0.25) is 0 Å². The van der Waals surface area contributed by atoms with Gasteiger partial charge in [-0.25, -0.2) is 0 Å². The fraction of sp³-hybridized carbons (Fsp3) is 0.409. The van der Waals surface area contributed by atoms with Crippen LogP contribution in [0.3, 0.4) is 0 Å². The number of carbonyl (C=O) groups is 1. The summed E-state index contributed by atoms with van der Waals surface area (Å²) in [6.07, 6.45) is 4.78. The Morgan fingerprint density at radius 2 is 1.84 bits per heavy atom. The molecule has 0 unspecified atom stereocenters. The fourth-order valence-electron chi connectivity index (χ4n) is 3.62. The molecule has 0 spiro atoms. The van der Waals surface area contributed by atoms with Gasteiger partial charge in [-0.05, 0) is 80.8 Å². The van der Waals surface area contributed by atoms with Crippen LogP contribution in [-0.4, -0.2) is 12.5 Å². The number of ether oxygens (including phenoxy) is 1. The molecule has 1 N–H and O–H groups in total. The average molecular weight is 337 g/mol. The molecule has 2 aromatic rings. The second-order valence-electron chi connectivity index (χ2n) is 7.08. The zero-order chi connectivity index (χ0) is 17.8. The lowest BCUT2D eigenvalue weighted by atomic mass is 9.92. The summed E-state index contributed by atoms with van der Waals surface area (Å²) in [5.74, 6) is 0.695. The van der Waals surface area contributed by atoms with Gasteiger partial charge in [0.05, 0.1) is 6.04 Å². The molecule has 3 rings (SSSR count). The molecule has 0 saturated carbocycles. The van der Waals surface area contributed by atoms with E-state index >= 15 is 0 Å². The molecule has 0 heterocycles. The Morgan fingerprint density at radius 3 is 2.60 bits per heavy atom. The molecular weight excluding hydrogens is 310 g/mol. The van der Waals surface area contributed by atoms with Gasteiger partial charge in [-0.1, -0.05) is 29.8 Å². The van der Waals surface area contributed by atoms with Crippen LogP contribution in [0.15, 0.2) is 36.4 Å². The minimum absolute atomic E-state index is 0.0276. The molecule has 1 atom stereocenters. The molecule has 0 radical (unpaired) electrons. The highest BCUT2D eigenvalue weighted by atomic mass is 16.5. The van der Waals surface area contributed by atoms with Crippen molar-refractivity contribution in [3.8, 4) is 5.75 Å². The molecule has 0 fully saturated rings. The van der Waals surface area contributed by atoms with Crippen molar-refractivity contribution >= 4 is 5.91 Å². The highest BCUT2D eigenvalue weighted by Gasteiger charge is 2.13. The summed E-state index contributed by atoms with van der Waals surface area (Å²) < 4.78 is 5.71. The van der Waals surface area contributed by atoms with E-state index in [0.717, 1.165) is 24.2 Å².